The molecule has 2 aromatic rings. The standard InChI is InChI=1S/C17H22N6O2/c1-13(2)23(17(24)20-14-6-4-3-5-7-14)16-19-12-18-15(21-16)22-8-10-25-11-9-22/h3-7,12-13H,8-11H2,1-2H3,(H,20,24). The number of hydrogen-bond acceptors (Lipinski definition) is 6. The van der Waals surface area contributed by atoms with E-state index in [0.29, 0.717) is 25.1 Å². The van der Waals surface area contributed by atoms with E-state index < -0.39 is 0 Å². The highest BCUT2D eigenvalue weighted by atomic mass is 16.5. The van der Waals surface area contributed by atoms with Crippen molar-refractivity contribution in [1.29, 1.82) is 0 Å². The Balaban J connectivity index is 1.81. The Hall–Kier alpha value is -2.74. The van der Waals surface area contributed by atoms with Gasteiger partial charge in [0.05, 0.1) is 13.2 Å². The quantitative estimate of drug-likeness (QED) is 0.917. The van der Waals surface area contributed by atoms with E-state index in [1.165, 1.54) is 11.2 Å². The van der Waals surface area contributed by atoms with Crippen LogP contribution in [0.25, 0.3) is 0 Å². The van der Waals surface area contributed by atoms with Crippen LogP contribution in [-0.2, 0) is 4.74 Å². The molecule has 1 fully saturated rings. The number of para-hydroxylation sites is 1. The number of urea groups is 1. The van der Waals surface area contributed by atoms with Crippen molar-refractivity contribution in [2.24, 2.45) is 0 Å². The molecule has 1 aliphatic rings. The van der Waals surface area contributed by atoms with E-state index in [2.05, 4.69) is 20.3 Å². The lowest BCUT2D eigenvalue weighted by Crippen LogP contribution is -2.42. The number of carbonyl (C=O) groups is 1. The van der Waals surface area contributed by atoms with E-state index >= 15 is 0 Å². The Morgan fingerprint density at radius 2 is 1.92 bits per heavy atom. The molecule has 0 saturated carbocycles. The van der Waals surface area contributed by atoms with Gasteiger partial charge in [-0.05, 0) is 26.0 Å². The molecule has 1 N–H and O–H groups in total. The summed E-state index contributed by atoms with van der Waals surface area (Å²) in [6.45, 7) is 6.57. The van der Waals surface area contributed by atoms with Gasteiger partial charge in [-0.3, -0.25) is 4.90 Å². The van der Waals surface area contributed by atoms with Crippen molar-refractivity contribution in [3.8, 4) is 0 Å². The fraction of sp³-hybridized carbons (Fsp3) is 0.412. The minimum atomic E-state index is -0.277. The third-order valence-corrected chi connectivity index (χ3v) is 3.82. The molecular weight excluding hydrogens is 320 g/mol. The second kappa shape index (κ2) is 7.89. The lowest BCUT2D eigenvalue weighted by atomic mass is 10.3. The molecule has 0 unspecified atom stereocenters. The first-order valence-electron chi connectivity index (χ1n) is 8.32. The number of rotatable bonds is 4. The van der Waals surface area contributed by atoms with Crippen LogP contribution in [0.5, 0.6) is 0 Å². The monoisotopic (exact) mass is 342 g/mol. The van der Waals surface area contributed by atoms with Crippen molar-refractivity contribution in [1.82, 2.24) is 15.0 Å². The number of nitrogens with zero attached hydrogens (tertiary/aromatic N) is 5. The zero-order valence-electron chi connectivity index (χ0n) is 14.4. The van der Waals surface area contributed by atoms with E-state index in [1.807, 2.05) is 49.1 Å². The second-order valence-electron chi connectivity index (χ2n) is 5.94. The fourth-order valence-corrected chi connectivity index (χ4v) is 2.57. The molecule has 132 valence electrons. The maximum Gasteiger partial charge on any atom is 0.328 e. The molecule has 0 radical (unpaired) electrons. The van der Waals surface area contributed by atoms with E-state index in [-0.39, 0.29) is 12.1 Å². The third kappa shape index (κ3) is 4.21. The second-order valence-corrected chi connectivity index (χ2v) is 5.94. The largest absolute Gasteiger partial charge is 0.378 e. The first kappa shape index (κ1) is 17.1. The van der Waals surface area contributed by atoms with Crippen LogP contribution in [0, 0.1) is 0 Å². The minimum Gasteiger partial charge on any atom is -0.378 e. The number of morpholine rings is 1. The molecule has 8 nitrogen and oxygen atoms in total. The predicted octanol–water partition coefficient (Wildman–Crippen LogP) is 2.16. The molecule has 25 heavy (non-hydrogen) atoms. The number of hydrogen-bond donors (Lipinski definition) is 1. The van der Waals surface area contributed by atoms with E-state index in [4.69, 9.17) is 4.74 Å². The fourth-order valence-electron chi connectivity index (χ4n) is 2.57. The third-order valence-electron chi connectivity index (χ3n) is 3.82. The topological polar surface area (TPSA) is 83.5 Å². The SMILES string of the molecule is CC(C)N(C(=O)Nc1ccccc1)c1ncnc(N2CCOCC2)n1. The molecule has 8 heteroatoms. The van der Waals surface area contributed by atoms with Crippen LogP contribution in [0.1, 0.15) is 13.8 Å². The molecule has 0 bridgehead atoms. The van der Waals surface area contributed by atoms with Gasteiger partial charge in [0.2, 0.25) is 11.9 Å². The maximum atomic E-state index is 12.7. The van der Waals surface area contributed by atoms with Crippen LogP contribution in [0.15, 0.2) is 36.7 Å². The van der Waals surface area contributed by atoms with Gasteiger partial charge in [0.25, 0.3) is 0 Å². The smallest absolute Gasteiger partial charge is 0.328 e. The van der Waals surface area contributed by atoms with Crippen LogP contribution >= 0.6 is 0 Å². The van der Waals surface area contributed by atoms with Crippen LogP contribution in [0.4, 0.5) is 22.4 Å². The lowest BCUT2D eigenvalue weighted by Gasteiger charge is -2.28. The van der Waals surface area contributed by atoms with Crippen molar-refractivity contribution in [2.45, 2.75) is 19.9 Å². The van der Waals surface area contributed by atoms with E-state index in [1.54, 1.807) is 0 Å². The summed E-state index contributed by atoms with van der Waals surface area (Å²) in [7, 11) is 0. The Morgan fingerprint density at radius 1 is 1.20 bits per heavy atom. The summed E-state index contributed by atoms with van der Waals surface area (Å²) in [5, 5.41) is 2.87. The van der Waals surface area contributed by atoms with Gasteiger partial charge in [-0.25, -0.2) is 14.8 Å². The average Bonchev–Trinajstić information content (AvgIpc) is 2.63. The zero-order valence-corrected chi connectivity index (χ0v) is 14.4. The van der Waals surface area contributed by atoms with Crippen LogP contribution in [-0.4, -0.2) is 53.3 Å². The molecule has 2 heterocycles. The summed E-state index contributed by atoms with van der Waals surface area (Å²) in [5.41, 5.74) is 0.723. The Morgan fingerprint density at radius 3 is 2.60 bits per heavy atom. The highest BCUT2D eigenvalue weighted by Crippen LogP contribution is 2.17. The molecule has 0 spiro atoms. The molecule has 1 aliphatic heterocycles. The first-order valence-corrected chi connectivity index (χ1v) is 8.32. The lowest BCUT2D eigenvalue weighted by molar-refractivity contribution is 0.122. The number of nitrogens with one attached hydrogen (secondary N) is 1. The molecule has 1 aromatic carbocycles. The zero-order chi connectivity index (χ0) is 17.6. The number of anilines is 3. The van der Waals surface area contributed by atoms with Crippen LogP contribution in [0.3, 0.4) is 0 Å². The normalized spacial score (nSPS) is 14.4. The van der Waals surface area contributed by atoms with Gasteiger partial charge in [-0.1, -0.05) is 18.2 Å². The molecule has 0 atom stereocenters. The Bertz CT molecular complexity index is 703. The van der Waals surface area contributed by atoms with Gasteiger partial charge >= 0.3 is 6.03 Å². The molecular formula is C17H22N6O2. The predicted molar refractivity (Wildman–Crippen MR) is 95.9 cm³/mol. The highest BCUT2D eigenvalue weighted by Gasteiger charge is 2.24. The number of aromatic nitrogens is 3. The van der Waals surface area contributed by atoms with E-state index in [0.717, 1.165) is 18.8 Å². The summed E-state index contributed by atoms with van der Waals surface area (Å²) in [4.78, 5) is 29.2. The Kier molecular flexibility index (Phi) is 5.39. The molecule has 2 amide bonds. The van der Waals surface area contributed by atoms with Crippen molar-refractivity contribution >= 4 is 23.6 Å². The van der Waals surface area contributed by atoms with Gasteiger partial charge in [0, 0.05) is 24.8 Å². The number of amides is 2. The van der Waals surface area contributed by atoms with Gasteiger partial charge in [0.15, 0.2) is 0 Å². The minimum absolute atomic E-state index is 0.108. The summed E-state index contributed by atoms with van der Waals surface area (Å²) >= 11 is 0. The van der Waals surface area contributed by atoms with Crippen molar-refractivity contribution in [3.63, 3.8) is 0 Å². The van der Waals surface area contributed by atoms with Gasteiger partial charge < -0.3 is 15.0 Å². The van der Waals surface area contributed by atoms with Gasteiger partial charge in [0.1, 0.15) is 6.33 Å². The van der Waals surface area contributed by atoms with Crippen LogP contribution < -0.4 is 15.1 Å². The molecule has 1 aromatic heterocycles. The highest BCUT2D eigenvalue weighted by molar-refractivity contribution is 6.00. The molecule has 1 saturated heterocycles. The maximum absolute atomic E-state index is 12.7. The molecule has 0 aliphatic carbocycles. The average molecular weight is 342 g/mol. The van der Waals surface area contributed by atoms with Crippen molar-refractivity contribution < 1.29 is 9.53 Å². The van der Waals surface area contributed by atoms with Gasteiger partial charge in [-0.2, -0.15) is 4.98 Å². The number of carbonyl (C=O) groups excluding carboxylic acids is 1. The Labute approximate surface area is 146 Å². The van der Waals surface area contributed by atoms with Crippen LogP contribution in [0.2, 0.25) is 0 Å². The molecule has 3 rings (SSSR count). The number of benzene rings is 1. The summed E-state index contributed by atoms with van der Waals surface area (Å²) < 4.78 is 5.35. The van der Waals surface area contributed by atoms with E-state index in [9.17, 15) is 4.79 Å². The van der Waals surface area contributed by atoms with Crippen molar-refractivity contribution in [2.75, 3.05) is 41.4 Å². The van der Waals surface area contributed by atoms with Gasteiger partial charge in [-0.15, -0.1) is 0 Å². The summed E-state index contributed by atoms with van der Waals surface area (Å²) in [6, 6.07) is 8.93. The first-order chi connectivity index (χ1) is 12.1. The van der Waals surface area contributed by atoms with Crippen molar-refractivity contribution in [3.05, 3.63) is 36.7 Å². The summed E-state index contributed by atoms with van der Waals surface area (Å²) in [5.74, 6) is 0.895. The number of ether oxygens (including phenoxy) is 1. The summed E-state index contributed by atoms with van der Waals surface area (Å²) in [6.07, 6.45) is 1.44.